The average Bonchev–Trinajstić information content (AvgIpc) is 2.54. The van der Waals surface area contributed by atoms with Gasteiger partial charge in [0.05, 0.1) is 17.2 Å². The fraction of sp³-hybridized carbons (Fsp3) is 0.167. The fourth-order valence-electron chi connectivity index (χ4n) is 2.28. The minimum Gasteiger partial charge on any atom is -0.421 e. The number of esters is 1. The molecule has 0 radical (unpaired) electrons. The molecule has 0 amide bonds. The number of hydrogen-bond donors (Lipinski definition) is 0. The van der Waals surface area contributed by atoms with Crippen LogP contribution in [0.2, 0.25) is 0 Å². The van der Waals surface area contributed by atoms with Crippen LogP contribution in [0, 0.1) is 20.8 Å². The van der Waals surface area contributed by atoms with Crippen molar-refractivity contribution in [1.82, 2.24) is 9.97 Å². The van der Waals surface area contributed by atoms with E-state index < -0.39 is 5.97 Å². The van der Waals surface area contributed by atoms with Crippen molar-refractivity contribution in [2.24, 2.45) is 0 Å². The summed E-state index contributed by atoms with van der Waals surface area (Å²) in [6.45, 7) is 5.85. The topological polar surface area (TPSA) is 52.1 Å². The van der Waals surface area contributed by atoms with Gasteiger partial charge in [-0.2, -0.15) is 0 Å². The van der Waals surface area contributed by atoms with Gasteiger partial charge < -0.3 is 4.74 Å². The summed E-state index contributed by atoms with van der Waals surface area (Å²) in [6.07, 6.45) is 1.45. The van der Waals surface area contributed by atoms with Crippen molar-refractivity contribution in [3.8, 4) is 5.75 Å². The monoisotopic (exact) mass is 292 g/mol. The number of carbonyl (C=O) groups excluding carboxylic acids is 1. The van der Waals surface area contributed by atoms with Gasteiger partial charge in [0.25, 0.3) is 0 Å². The van der Waals surface area contributed by atoms with Crippen molar-refractivity contribution in [3.05, 3.63) is 65.0 Å². The van der Waals surface area contributed by atoms with Crippen molar-refractivity contribution in [2.45, 2.75) is 20.8 Å². The number of fused-ring (bicyclic) bond motifs is 1. The summed E-state index contributed by atoms with van der Waals surface area (Å²) in [5.74, 6) is 0.106. The summed E-state index contributed by atoms with van der Waals surface area (Å²) >= 11 is 0. The average molecular weight is 292 g/mol. The Labute approximate surface area is 128 Å². The predicted molar refractivity (Wildman–Crippen MR) is 85.1 cm³/mol. The molecule has 0 spiro atoms. The van der Waals surface area contributed by atoms with E-state index in [-0.39, 0.29) is 5.69 Å². The molecule has 0 saturated heterocycles. The molecule has 4 nitrogen and oxygen atoms in total. The van der Waals surface area contributed by atoms with E-state index in [4.69, 9.17) is 4.74 Å². The van der Waals surface area contributed by atoms with E-state index in [2.05, 4.69) is 9.97 Å². The van der Waals surface area contributed by atoms with Crippen molar-refractivity contribution < 1.29 is 9.53 Å². The van der Waals surface area contributed by atoms with Crippen molar-refractivity contribution >= 4 is 17.0 Å². The van der Waals surface area contributed by atoms with Gasteiger partial charge in [0, 0.05) is 0 Å². The minimum absolute atomic E-state index is 0.207. The predicted octanol–water partition coefficient (Wildman–Crippen LogP) is 3.77. The van der Waals surface area contributed by atoms with Crippen LogP contribution in [-0.2, 0) is 0 Å². The molecule has 3 rings (SSSR count). The number of aryl methyl sites for hydroxylation is 2. The lowest BCUT2D eigenvalue weighted by Crippen LogP contribution is -2.13. The van der Waals surface area contributed by atoms with E-state index in [9.17, 15) is 4.79 Å². The molecular weight excluding hydrogens is 276 g/mol. The Morgan fingerprint density at radius 1 is 0.955 bits per heavy atom. The summed E-state index contributed by atoms with van der Waals surface area (Å²) in [4.78, 5) is 20.9. The Balaban J connectivity index is 1.95. The molecule has 0 saturated carbocycles. The maximum Gasteiger partial charge on any atom is 0.363 e. The summed E-state index contributed by atoms with van der Waals surface area (Å²) in [7, 11) is 0. The number of rotatable bonds is 2. The molecule has 0 aliphatic rings. The van der Waals surface area contributed by atoms with Crippen LogP contribution in [0.25, 0.3) is 11.0 Å². The van der Waals surface area contributed by atoms with Gasteiger partial charge in [-0.15, -0.1) is 0 Å². The van der Waals surface area contributed by atoms with E-state index in [1.165, 1.54) is 6.20 Å². The maximum absolute atomic E-state index is 12.3. The summed E-state index contributed by atoms with van der Waals surface area (Å²) < 4.78 is 5.55. The first kappa shape index (κ1) is 14.2. The zero-order valence-corrected chi connectivity index (χ0v) is 12.8. The number of carbonyl (C=O) groups is 1. The van der Waals surface area contributed by atoms with Gasteiger partial charge >= 0.3 is 5.97 Å². The van der Waals surface area contributed by atoms with Gasteiger partial charge in [0.1, 0.15) is 5.75 Å². The highest BCUT2D eigenvalue weighted by atomic mass is 16.5. The third-order valence-electron chi connectivity index (χ3n) is 3.73. The first-order valence-electron chi connectivity index (χ1n) is 7.07. The first-order chi connectivity index (χ1) is 10.6. The Morgan fingerprint density at radius 3 is 2.41 bits per heavy atom. The maximum atomic E-state index is 12.3. The number of benzene rings is 2. The van der Waals surface area contributed by atoms with Crippen LogP contribution in [0.3, 0.4) is 0 Å². The Hall–Kier alpha value is -2.75. The quantitative estimate of drug-likeness (QED) is 0.533. The highest BCUT2D eigenvalue weighted by Gasteiger charge is 2.15. The van der Waals surface area contributed by atoms with Crippen LogP contribution in [0.15, 0.2) is 42.6 Å². The van der Waals surface area contributed by atoms with Crippen molar-refractivity contribution in [3.63, 3.8) is 0 Å². The summed E-state index contributed by atoms with van der Waals surface area (Å²) in [5, 5.41) is 0. The molecule has 0 atom stereocenters. The van der Waals surface area contributed by atoms with Crippen LogP contribution in [0.5, 0.6) is 5.75 Å². The molecule has 1 heterocycles. The number of nitrogens with zero attached hydrogens (tertiary/aromatic N) is 2. The summed E-state index contributed by atoms with van der Waals surface area (Å²) in [5.41, 5.74) is 4.60. The lowest BCUT2D eigenvalue weighted by molar-refractivity contribution is 0.0726. The molecule has 3 aromatic rings. The second-order valence-electron chi connectivity index (χ2n) is 5.29. The highest BCUT2D eigenvalue weighted by Crippen LogP contribution is 2.26. The fourth-order valence-corrected chi connectivity index (χ4v) is 2.28. The molecular formula is C18H16N2O2. The smallest absolute Gasteiger partial charge is 0.363 e. The molecule has 0 fully saturated rings. The third kappa shape index (κ3) is 2.55. The van der Waals surface area contributed by atoms with E-state index >= 15 is 0 Å². The lowest BCUT2D eigenvalue weighted by Gasteiger charge is -2.12. The zero-order valence-electron chi connectivity index (χ0n) is 12.8. The second kappa shape index (κ2) is 5.56. The molecule has 0 aliphatic carbocycles. The van der Waals surface area contributed by atoms with E-state index in [0.717, 1.165) is 22.2 Å². The van der Waals surface area contributed by atoms with Gasteiger partial charge in [0.15, 0.2) is 5.69 Å². The second-order valence-corrected chi connectivity index (χ2v) is 5.29. The zero-order chi connectivity index (χ0) is 15.7. The normalized spacial score (nSPS) is 10.7. The molecule has 0 unspecified atom stereocenters. The van der Waals surface area contributed by atoms with Gasteiger partial charge in [-0.3, -0.25) is 4.98 Å². The van der Waals surface area contributed by atoms with Crippen LogP contribution >= 0.6 is 0 Å². The molecule has 110 valence electrons. The molecule has 2 aromatic carbocycles. The number of ether oxygens (including phenoxy) is 1. The first-order valence-corrected chi connectivity index (χ1v) is 7.07. The largest absolute Gasteiger partial charge is 0.421 e. The Morgan fingerprint density at radius 2 is 1.64 bits per heavy atom. The highest BCUT2D eigenvalue weighted by molar-refractivity contribution is 5.91. The number of hydrogen-bond acceptors (Lipinski definition) is 4. The number of para-hydroxylation sites is 2. The van der Waals surface area contributed by atoms with E-state index in [1.807, 2.05) is 57.2 Å². The lowest BCUT2D eigenvalue weighted by atomic mass is 10.1. The molecule has 0 bridgehead atoms. The van der Waals surface area contributed by atoms with Crippen molar-refractivity contribution in [1.29, 1.82) is 0 Å². The SMILES string of the molecule is Cc1ccc(C)c(OC(=O)c2cnc3ccccc3n2)c1C. The number of aromatic nitrogens is 2. The van der Waals surface area contributed by atoms with Crippen LogP contribution in [0.4, 0.5) is 0 Å². The van der Waals surface area contributed by atoms with Crippen molar-refractivity contribution in [2.75, 3.05) is 0 Å². The molecule has 4 heteroatoms. The van der Waals surface area contributed by atoms with Crippen LogP contribution in [0.1, 0.15) is 27.2 Å². The molecule has 1 aromatic heterocycles. The Bertz CT molecular complexity index is 872. The third-order valence-corrected chi connectivity index (χ3v) is 3.73. The molecule has 0 N–H and O–H groups in total. The summed E-state index contributed by atoms with van der Waals surface area (Å²) in [6, 6.07) is 11.4. The van der Waals surface area contributed by atoms with E-state index in [0.29, 0.717) is 11.3 Å². The molecule has 22 heavy (non-hydrogen) atoms. The standard InChI is InChI=1S/C18H16N2O2/c1-11-8-9-12(2)17(13(11)3)22-18(21)16-10-19-14-6-4-5-7-15(14)20-16/h4-10H,1-3H3. The van der Waals surface area contributed by atoms with Gasteiger partial charge in [-0.05, 0) is 49.6 Å². The van der Waals surface area contributed by atoms with E-state index in [1.54, 1.807) is 0 Å². The van der Waals surface area contributed by atoms with Crippen LogP contribution in [-0.4, -0.2) is 15.9 Å². The van der Waals surface area contributed by atoms with Crippen LogP contribution < -0.4 is 4.74 Å². The Kier molecular flexibility index (Phi) is 3.59. The minimum atomic E-state index is -0.491. The van der Waals surface area contributed by atoms with Gasteiger partial charge in [-0.25, -0.2) is 9.78 Å². The van der Waals surface area contributed by atoms with Gasteiger partial charge in [0.2, 0.25) is 0 Å². The molecule has 0 aliphatic heterocycles. The van der Waals surface area contributed by atoms with Gasteiger partial charge in [-0.1, -0.05) is 24.3 Å².